The van der Waals surface area contributed by atoms with Gasteiger partial charge in [0.15, 0.2) is 0 Å². The summed E-state index contributed by atoms with van der Waals surface area (Å²) in [4.78, 5) is 2.39. The van der Waals surface area contributed by atoms with Crippen LogP contribution in [0.1, 0.15) is 13.3 Å². The largest absolute Gasteiger partial charge is 0.508 e. The maximum absolute atomic E-state index is 9.58. The molecule has 1 fully saturated rings. The average molecular weight is 337 g/mol. The van der Waals surface area contributed by atoms with E-state index in [1.165, 1.54) is 11.2 Å². The standard InChI is InChI=1S/C20H23N3O2/c1-2-10-23-20-17(19(21-23)15-6-8-16(24)9-7-15)4-3-5-18(20)22-11-13-25-14-12-22/h3-9,24H,2,10-14H2,1H3. The second-order valence-corrected chi connectivity index (χ2v) is 6.39. The van der Waals surface area contributed by atoms with Gasteiger partial charge in [-0.2, -0.15) is 5.10 Å². The molecule has 2 aromatic carbocycles. The van der Waals surface area contributed by atoms with Crippen molar-refractivity contribution in [3.05, 3.63) is 42.5 Å². The minimum Gasteiger partial charge on any atom is -0.508 e. The molecule has 25 heavy (non-hydrogen) atoms. The van der Waals surface area contributed by atoms with Crippen molar-refractivity contribution < 1.29 is 9.84 Å². The molecule has 0 amide bonds. The Balaban J connectivity index is 1.89. The van der Waals surface area contributed by atoms with Crippen molar-refractivity contribution in [2.24, 2.45) is 0 Å². The van der Waals surface area contributed by atoms with E-state index < -0.39 is 0 Å². The number of rotatable bonds is 4. The van der Waals surface area contributed by atoms with Gasteiger partial charge in [0.1, 0.15) is 11.4 Å². The minimum atomic E-state index is 0.273. The molecule has 5 nitrogen and oxygen atoms in total. The predicted octanol–water partition coefficient (Wildman–Crippen LogP) is 3.66. The highest BCUT2D eigenvalue weighted by Gasteiger charge is 2.20. The Bertz CT molecular complexity index is 865. The molecule has 1 N–H and O–H groups in total. The third-order valence-electron chi connectivity index (χ3n) is 4.68. The molecule has 0 saturated carbocycles. The summed E-state index contributed by atoms with van der Waals surface area (Å²) in [6, 6.07) is 13.7. The number of hydrogen-bond donors (Lipinski definition) is 1. The number of phenols is 1. The zero-order valence-corrected chi connectivity index (χ0v) is 14.5. The number of morpholine rings is 1. The van der Waals surface area contributed by atoms with Gasteiger partial charge in [0.05, 0.1) is 24.4 Å². The molecular weight excluding hydrogens is 314 g/mol. The van der Waals surface area contributed by atoms with E-state index in [0.717, 1.165) is 55.9 Å². The monoisotopic (exact) mass is 337 g/mol. The van der Waals surface area contributed by atoms with Crippen molar-refractivity contribution in [2.45, 2.75) is 19.9 Å². The van der Waals surface area contributed by atoms with E-state index in [0.29, 0.717) is 0 Å². The summed E-state index contributed by atoms with van der Waals surface area (Å²) in [6.45, 7) is 6.41. The molecule has 1 saturated heterocycles. The van der Waals surface area contributed by atoms with Crippen LogP contribution < -0.4 is 4.90 Å². The Morgan fingerprint density at radius 1 is 1.08 bits per heavy atom. The van der Waals surface area contributed by atoms with Gasteiger partial charge in [-0.05, 0) is 36.8 Å². The van der Waals surface area contributed by atoms with E-state index in [-0.39, 0.29) is 5.75 Å². The maximum atomic E-state index is 9.58. The first-order chi connectivity index (χ1) is 12.3. The number of phenolic OH excluding ortho intramolecular Hbond substituents is 1. The normalized spacial score (nSPS) is 15.0. The summed E-state index contributed by atoms with van der Waals surface area (Å²) in [6.07, 6.45) is 1.03. The number of nitrogens with zero attached hydrogens (tertiary/aromatic N) is 3. The number of aromatic hydroxyl groups is 1. The van der Waals surface area contributed by atoms with Crippen LogP contribution in [-0.4, -0.2) is 41.2 Å². The van der Waals surface area contributed by atoms with E-state index in [9.17, 15) is 5.11 Å². The van der Waals surface area contributed by atoms with Crippen molar-refractivity contribution in [1.29, 1.82) is 0 Å². The van der Waals surface area contributed by atoms with Gasteiger partial charge in [-0.3, -0.25) is 4.68 Å². The maximum Gasteiger partial charge on any atom is 0.115 e. The number of fused-ring (bicyclic) bond motifs is 1. The highest BCUT2D eigenvalue weighted by atomic mass is 16.5. The SMILES string of the molecule is CCCn1nc(-c2ccc(O)cc2)c2cccc(N3CCOCC3)c21. The summed E-state index contributed by atoms with van der Waals surface area (Å²) >= 11 is 0. The molecule has 0 bridgehead atoms. The van der Waals surface area contributed by atoms with E-state index in [1.807, 2.05) is 12.1 Å². The molecule has 4 rings (SSSR count). The Hall–Kier alpha value is -2.53. The van der Waals surface area contributed by atoms with Gasteiger partial charge in [-0.1, -0.05) is 19.1 Å². The van der Waals surface area contributed by atoms with Crippen LogP contribution in [0, 0.1) is 0 Å². The van der Waals surface area contributed by atoms with Crippen molar-refractivity contribution in [1.82, 2.24) is 9.78 Å². The fourth-order valence-electron chi connectivity index (χ4n) is 3.48. The van der Waals surface area contributed by atoms with Gasteiger partial charge in [-0.25, -0.2) is 0 Å². The van der Waals surface area contributed by atoms with Crippen molar-refractivity contribution in [3.63, 3.8) is 0 Å². The summed E-state index contributed by atoms with van der Waals surface area (Å²) in [5.74, 6) is 0.273. The van der Waals surface area contributed by atoms with Crippen LogP contribution >= 0.6 is 0 Å². The van der Waals surface area contributed by atoms with Gasteiger partial charge >= 0.3 is 0 Å². The van der Waals surface area contributed by atoms with Crippen LogP contribution in [0.3, 0.4) is 0 Å². The lowest BCUT2D eigenvalue weighted by atomic mass is 10.1. The third-order valence-corrected chi connectivity index (χ3v) is 4.68. The molecule has 1 aliphatic heterocycles. The summed E-state index contributed by atoms with van der Waals surface area (Å²) < 4.78 is 7.64. The van der Waals surface area contributed by atoms with Crippen LogP contribution in [-0.2, 0) is 11.3 Å². The smallest absolute Gasteiger partial charge is 0.115 e. The van der Waals surface area contributed by atoms with Crippen LogP contribution in [0.4, 0.5) is 5.69 Å². The first-order valence-electron chi connectivity index (χ1n) is 8.89. The summed E-state index contributed by atoms with van der Waals surface area (Å²) in [5, 5.41) is 15.6. The molecular formula is C20H23N3O2. The molecule has 0 spiro atoms. The number of anilines is 1. The van der Waals surface area contributed by atoms with Crippen LogP contribution in [0.2, 0.25) is 0 Å². The quantitative estimate of drug-likeness (QED) is 0.789. The molecule has 1 aromatic heterocycles. The lowest BCUT2D eigenvalue weighted by Gasteiger charge is -2.29. The topological polar surface area (TPSA) is 50.5 Å². The molecule has 0 radical (unpaired) electrons. The second-order valence-electron chi connectivity index (χ2n) is 6.39. The summed E-state index contributed by atoms with van der Waals surface area (Å²) in [7, 11) is 0. The van der Waals surface area contributed by atoms with Crippen molar-refractivity contribution in [2.75, 3.05) is 31.2 Å². The van der Waals surface area contributed by atoms with Crippen LogP contribution in [0.25, 0.3) is 22.2 Å². The number of benzene rings is 2. The number of para-hydroxylation sites is 1. The van der Waals surface area contributed by atoms with Gasteiger partial charge in [0.25, 0.3) is 0 Å². The molecule has 0 atom stereocenters. The number of aromatic nitrogens is 2. The zero-order chi connectivity index (χ0) is 17.2. The first-order valence-corrected chi connectivity index (χ1v) is 8.89. The Morgan fingerprint density at radius 2 is 1.84 bits per heavy atom. The van der Waals surface area contributed by atoms with Gasteiger partial charge in [-0.15, -0.1) is 0 Å². The molecule has 0 unspecified atom stereocenters. The highest BCUT2D eigenvalue weighted by molar-refractivity contribution is 6.00. The number of aryl methyl sites for hydroxylation is 1. The molecule has 3 aromatic rings. The lowest BCUT2D eigenvalue weighted by Crippen LogP contribution is -2.36. The fraction of sp³-hybridized carbons (Fsp3) is 0.350. The number of ether oxygens (including phenoxy) is 1. The van der Waals surface area contributed by atoms with Gasteiger partial charge in [0.2, 0.25) is 0 Å². The predicted molar refractivity (Wildman–Crippen MR) is 100 cm³/mol. The van der Waals surface area contributed by atoms with Crippen molar-refractivity contribution >= 4 is 16.6 Å². The highest BCUT2D eigenvalue weighted by Crippen LogP contribution is 2.35. The lowest BCUT2D eigenvalue weighted by molar-refractivity contribution is 0.123. The average Bonchev–Trinajstić information content (AvgIpc) is 3.02. The number of hydrogen-bond acceptors (Lipinski definition) is 4. The Morgan fingerprint density at radius 3 is 2.56 bits per heavy atom. The van der Waals surface area contributed by atoms with E-state index in [2.05, 4.69) is 34.7 Å². The third kappa shape index (κ3) is 2.96. The van der Waals surface area contributed by atoms with E-state index in [1.54, 1.807) is 12.1 Å². The molecule has 130 valence electrons. The van der Waals surface area contributed by atoms with Crippen LogP contribution in [0.15, 0.2) is 42.5 Å². The second kappa shape index (κ2) is 6.76. The van der Waals surface area contributed by atoms with E-state index in [4.69, 9.17) is 9.84 Å². The first kappa shape index (κ1) is 16.0. The fourth-order valence-corrected chi connectivity index (χ4v) is 3.48. The molecule has 5 heteroatoms. The zero-order valence-electron chi connectivity index (χ0n) is 14.5. The van der Waals surface area contributed by atoms with Crippen molar-refractivity contribution in [3.8, 4) is 17.0 Å². The summed E-state index contributed by atoms with van der Waals surface area (Å²) in [5.41, 5.74) is 4.41. The van der Waals surface area contributed by atoms with Crippen LogP contribution in [0.5, 0.6) is 5.75 Å². The Kier molecular flexibility index (Phi) is 4.32. The molecule has 1 aliphatic rings. The minimum absolute atomic E-state index is 0.273. The Labute approximate surface area is 147 Å². The van der Waals surface area contributed by atoms with Gasteiger partial charge < -0.3 is 14.7 Å². The van der Waals surface area contributed by atoms with E-state index >= 15 is 0 Å². The molecule has 2 heterocycles. The van der Waals surface area contributed by atoms with Gasteiger partial charge in [0, 0.05) is 30.6 Å². The molecule has 0 aliphatic carbocycles.